The van der Waals surface area contributed by atoms with Crippen LogP contribution in [0.2, 0.25) is 11.6 Å². The van der Waals surface area contributed by atoms with Crippen LogP contribution in [0.3, 0.4) is 0 Å². The van der Waals surface area contributed by atoms with Crippen LogP contribution in [0.5, 0.6) is 0 Å². The van der Waals surface area contributed by atoms with Gasteiger partial charge in [-0.25, -0.2) is 0 Å². The maximum atomic E-state index is 12.6. The molecule has 0 saturated carbocycles. The van der Waals surface area contributed by atoms with Gasteiger partial charge in [0.05, 0.1) is 5.92 Å². The van der Waals surface area contributed by atoms with Crippen LogP contribution < -0.4 is 0 Å². The summed E-state index contributed by atoms with van der Waals surface area (Å²) in [5, 5.41) is 0. The summed E-state index contributed by atoms with van der Waals surface area (Å²) in [6.45, 7) is 12.5. The summed E-state index contributed by atoms with van der Waals surface area (Å²) in [5.41, 5.74) is 0.801. The number of hydrogen-bond acceptors (Lipinski definition) is 3. The van der Waals surface area contributed by atoms with E-state index in [1.165, 1.54) is 6.04 Å². The lowest BCUT2D eigenvalue weighted by molar-refractivity contribution is -0.146. The van der Waals surface area contributed by atoms with Gasteiger partial charge in [-0.1, -0.05) is 27.2 Å². The van der Waals surface area contributed by atoms with Crippen LogP contribution in [0.1, 0.15) is 53.9 Å². The molecule has 5 atom stereocenters. The summed E-state index contributed by atoms with van der Waals surface area (Å²) in [6.07, 6.45) is 3.36. The molecule has 0 spiro atoms. The predicted octanol–water partition coefficient (Wildman–Crippen LogP) is 3.44. The first-order valence-corrected chi connectivity index (χ1v) is 10.7. The number of carbonyl (C=O) groups is 1. The van der Waals surface area contributed by atoms with Crippen molar-refractivity contribution in [1.29, 1.82) is 0 Å². The van der Waals surface area contributed by atoms with Crippen molar-refractivity contribution in [3.63, 3.8) is 0 Å². The van der Waals surface area contributed by atoms with Crippen LogP contribution in [-0.4, -0.2) is 39.0 Å². The van der Waals surface area contributed by atoms with Crippen LogP contribution in [0.4, 0.5) is 0 Å². The minimum absolute atomic E-state index is 0.135. The Balaban J connectivity index is 2.05. The lowest BCUT2D eigenvalue weighted by Crippen LogP contribution is -2.56. The Labute approximate surface area is 132 Å². The van der Waals surface area contributed by atoms with Gasteiger partial charge in [0, 0.05) is 5.54 Å². The van der Waals surface area contributed by atoms with Crippen LogP contribution in [0.15, 0.2) is 0 Å². The lowest BCUT2D eigenvalue weighted by atomic mass is 9.67. The zero-order chi connectivity index (χ0) is 15.8. The maximum absolute atomic E-state index is 12.6. The largest absolute Gasteiger partial charge is 0.521 e. The molecule has 0 aromatic heterocycles. The van der Waals surface area contributed by atoms with E-state index in [9.17, 15) is 4.79 Å². The lowest BCUT2D eigenvalue weighted by Gasteiger charge is -2.51. The fourth-order valence-corrected chi connectivity index (χ4v) is 6.72. The number of carbonyl (C=O) groups excluding carboxylic acids is 1. The fourth-order valence-electron chi connectivity index (χ4n) is 4.11. The van der Waals surface area contributed by atoms with E-state index in [0.717, 1.165) is 25.8 Å². The van der Waals surface area contributed by atoms with Crippen molar-refractivity contribution >= 4 is 15.0 Å². The van der Waals surface area contributed by atoms with Gasteiger partial charge in [0.15, 0.2) is 0 Å². The highest BCUT2D eigenvalue weighted by Gasteiger charge is 2.46. The Morgan fingerprint density at radius 1 is 1.43 bits per heavy atom. The third-order valence-corrected chi connectivity index (χ3v) is 9.84. The molecule has 0 amide bonds. The molecule has 2 aliphatic rings. The summed E-state index contributed by atoms with van der Waals surface area (Å²) in [5.74, 6) is 1.32. The smallest absolute Gasteiger partial charge is 0.295 e. The molecule has 122 valence electrons. The molecule has 2 aliphatic heterocycles. The molecule has 2 saturated heterocycles. The van der Waals surface area contributed by atoms with Gasteiger partial charge >= 0.3 is 0 Å². The van der Waals surface area contributed by atoms with Crippen LogP contribution in [-0.2, 0) is 9.22 Å². The van der Waals surface area contributed by atoms with E-state index in [4.69, 9.17) is 4.43 Å². The first-order chi connectivity index (χ1) is 9.78. The summed E-state index contributed by atoms with van der Waals surface area (Å²) >= 11 is 0. The quantitative estimate of drug-likeness (QED) is 0.748. The molecular formula is C17H33NO2Si. The highest BCUT2D eigenvalue weighted by atomic mass is 28.3. The van der Waals surface area contributed by atoms with E-state index >= 15 is 0 Å². The van der Waals surface area contributed by atoms with Gasteiger partial charge in [-0.15, -0.1) is 0 Å². The van der Waals surface area contributed by atoms with Crippen molar-refractivity contribution in [2.45, 2.75) is 71.0 Å². The minimum Gasteiger partial charge on any atom is -0.521 e. The third-order valence-electron chi connectivity index (χ3n) is 6.67. The monoisotopic (exact) mass is 311 g/mol. The Kier molecular flexibility index (Phi) is 5.19. The molecule has 2 fully saturated rings. The third kappa shape index (κ3) is 3.21. The molecular weight excluding hydrogens is 278 g/mol. The average Bonchev–Trinajstić information content (AvgIpc) is 2.45. The van der Waals surface area contributed by atoms with Crippen molar-refractivity contribution in [2.75, 3.05) is 13.6 Å². The number of rotatable bonds is 3. The summed E-state index contributed by atoms with van der Waals surface area (Å²) in [4.78, 5) is 15.0. The molecule has 21 heavy (non-hydrogen) atoms. The van der Waals surface area contributed by atoms with E-state index in [2.05, 4.69) is 46.6 Å². The fraction of sp³-hybridized carbons (Fsp3) is 0.941. The summed E-state index contributed by atoms with van der Waals surface area (Å²) in [7, 11) is 0.909. The normalized spacial score (nSPS) is 38.9. The molecule has 0 aliphatic carbocycles. The second kappa shape index (κ2) is 6.41. The number of piperidine rings is 1. The Hall–Kier alpha value is -0.353. The van der Waals surface area contributed by atoms with Gasteiger partial charge in [0.1, 0.15) is 0 Å². The molecule has 2 heterocycles. The predicted molar refractivity (Wildman–Crippen MR) is 89.9 cm³/mol. The highest BCUT2D eigenvalue weighted by Crippen LogP contribution is 2.43. The Bertz CT molecular complexity index is 385. The summed E-state index contributed by atoms with van der Waals surface area (Å²) in [6, 6.07) is 1.19. The molecule has 4 heteroatoms. The van der Waals surface area contributed by atoms with Crippen molar-refractivity contribution in [2.24, 2.45) is 17.8 Å². The van der Waals surface area contributed by atoms with E-state index in [1.54, 1.807) is 0 Å². The van der Waals surface area contributed by atoms with Gasteiger partial charge in [0.25, 0.3) is 5.97 Å². The molecule has 0 bridgehead atoms. The van der Waals surface area contributed by atoms with Gasteiger partial charge in [0.2, 0.25) is 9.04 Å². The number of nitrogens with zero attached hydrogens (tertiary/aromatic N) is 1. The molecule has 2 rings (SSSR count). The van der Waals surface area contributed by atoms with E-state index in [1.807, 2.05) is 0 Å². The van der Waals surface area contributed by atoms with Crippen molar-refractivity contribution < 1.29 is 9.22 Å². The van der Waals surface area contributed by atoms with Crippen LogP contribution in [0, 0.1) is 17.8 Å². The van der Waals surface area contributed by atoms with E-state index < -0.39 is 9.04 Å². The highest BCUT2D eigenvalue weighted by molar-refractivity contribution is 6.56. The Morgan fingerprint density at radius 2 is 2.10 bits per heavy atom. The van der Waals surface area contributed by atoms with Crippen molar-refractivity contribution in [3.8, 4) is 0 Å². The van der Waals surface area contributed by atoms with Gasteiger partial charge < -0.3 is 9.33 Å². The molecule has 0 radical (unpaired) electrons. The van der Waals surface area contributed by atoms with Crippen LogP contribution in [0.25, 0.3) is 0 Å². The second-order valence-corrected chi connectivity index (χ2v) is 10.9. The first kappa shape index (κ1) is 17.0. The average molecular weight is 312 g/mol. The van der Waals surface area contributed by atoms with Gasteiger partial charge in [-0.3, -0.25) is 4.79 Å². The van der Waals surface area contributed by atoms with E-state index in [-0.39, 0.29) is 17.4 Å². The molecule has 5 unspecified atom stereocenters. The van der Waals surface area contributed by atoms with Gasteiger partial charge in [-0.2, -0.15) is 0 Å². The van der Waals surface area contributed by atoms with Gasteiger partial charge in [-0.05, 0) is 63.7 Å². The van der Waals surface area contributed by atoms with Crippen molar-refractivity contribution in [3.05, 3.63) is 0 Å². The van der Waals surface area contributed by atoms with Crippen molar-refractivity contribution in [1.82, 2.24) is 4.90 Å². The number of hydrogen-bond donors (Lipinski definition) is 0. The zero-order valence-electron chi connectivity index (χ0n) is 14.7. The maximum Gasteiger partial charge on any atom is 0.295 e. The molecule has 0 aromatic rings. The summed E-state index contributed by atoms with van der Waals surface area (Å²) < 4.78 is 5.93. The molecule has 0 aromatic carbocycles. The minimum atomic E-state index is -1.30. The molecule has 3 nitrogen and oxygen atoms in total. The number of likely N-dealkylation sites (tertiary alicyclic amines) is 1. The van der Waals surface area contributed by atoms with Crippen LogP contribution >= 0.6 is 0 Å². The molecule has 0 N–H and O–H groups in total. The first-order valence-electron chi connectivity index (χ1n) is 8.70. The van der Waals surface area contributed by atoms with E-state index in [0.29, 0.717) is 17.4 Å². The second-order valence-electron chi connectivity index (χ2n) is 7.86. The SMILES string of the molecule is CCC(C)[SiH]1CCC(C2CCN(C)C(C)(C)C2C)C(=O)O1. The Morgan fingerprint density at radius 3 is 2.67 bits per heavy atom. The standard InChI is InChI=1S/C17H33NO2Si/c1-7-12(2)21-11-9-15(16(19)20-21)14-8-10-18(6)17(4,5)13(14)3/h12-15,21H,7-11H2,1-6H3. The zero-order valence-corrected chi connectivity index (χ0v) is 15.8. The topological polar surface area (TPSA) is 29.5 Å².